The average molecular weight is 349 g/mol. The molecular formula is C18H21ClN2O3. The second kappa shape index (κ2) is 7.73. The molecule has 3 rings (SSSR count). The second-order valence-corrected chi connectivity index (χ2v) is 6.28. The highest BCUT2D eigenvalue weighted by molar-refractivity contribution is 6.30. The van der Waals surface area contributed by atoms with Crippen molar-refractivity contribution >= 4 is 17.5 Å². The Kier molecular flexibility index (Phi) is 5.43. The van der Waals surface area contributed by atoms with Crippen molar-refractivity contribution in [2.24, 2.45) is 0 Å². The van der Waals surface area contributed by atoms with Crippen LogP contribution in [0.2, 0.25) is 5.02 Å². The number of ether oxygens (including phenoxy) is 1. The predicted octanol–water partition coefficient (Wildman–Crippen LogP) is 3.08. The maximum Gasteiger partial charge on any atom is 0.289 e. The van der Waals surface area contributed by atoms with Gasteiger partial charge in [-0.3, -0.25) is 9.69 Å². The molecule has 0 bridgehead atoms. The first-order valence-electron chi connectivity index (χ1n) is 8.08. The van der Waals surface area contributed by atoms with Crippen LogP contribution in [0.1, 0.15) is 16.3 Å². The van der Waals surface area contributed by atoms with Gasteiger partial charge in [0.2, 0.25) is 0 Å². The molecular weight excluding hydrogens is 328 g/mol. The first-order chi connectivity index (χ1) is 11.6. The quantitative estimate of drug-likeness (QED) is 0.833. The fourth-order valence-electron chi connectivity index (χ4n) is 2.70. The third kappa shape index (κ3) is 4.30. The summed E-state index contributed by atoms with van der Waals surface area (Å²) in [5.41, 5.74) is 0. The summed E-state index contributed by atoms with van der Waals surface area (Å²) in [7, 11) is 0. The van der Waals surface area contributed by atoms with E-state index in [0.717, 1.165) is 31.1 Å². The van der Waals surface area contributed by atoms with Crippen molar-refractivity contribution < 1.29 is 13.9 Å². The zero-order chi connectivity index (χ0) is 16.9. The SMILES string of the molecule is Cc1ccc(C(=O)N2CCN(CCOc3ccc(Cl)cc3)CC2)o1. The molecule has 0 atom stereocenters. The van der Waals surface area contributed by atoms with Gasteiger partial charge in [0.1, 0.15) is 18.1 Å². The summed E-state index contributed by atoms with van der Waals surface area (Å²) in [6.07, 6.45) is 0. The smallest absolute Gasteiger partial charge is 0.289 e. The van der Waals surface area contributed by atoms with Crippen LogP contribution in [0.25, 0.3) is 0 Å². The Bertz CT molecular complexity index is 676. The summed E-state index contributed by atoms with van der Waals surface area (Å²) in [5.74, 6) is 1.98. The van der Waals surface area contributed by atoms with Crippen LogP contribution >= 0.6 is 11.6 Å². The van der Waals surface area contributed by atoms with Crippen LogP contribution in [0, 0.1) is 6.92 Å². The number of aryl methyl sites for hydroxylation is 1. The molecule has 0 saturated carbocycles. The molecule has 1 aromatic heterocycles. The molecule has 5 nitrogen and oxygen atoms in total. The number of furan rings is 1. The molecule has 1 saturated heterocycles. The summed E-state index contributed by atoms with van der Waals surface area (Å²) < 4.78 is 11.1. The standard InChI is InChI=1S/C18H21ClN2O3/c1-14-2-7-17(24-14)18(22)21-10-8-20(9-11-21)12-13-23-16-5-3-15(19)4-6-16/h2-7H,8-13H2,1H3. The zero-order valence-electron chi connectivity index (χ0n) is 13.7. The molecule has 128 valence electrons. The molecule has 0 N–H and O–H groups in total. The van der Waals surface area contributed by atoms with Crippen LogP contribution in [0.5, 0.6) is 5.75 Å². The molecule has 0 unspecified atom stereocenters. The first-order valence-corrected chi connectivity index (χ1v) is 8.46. The molecule has 0 radical (unpaired) electrons. The van der Waals surface area contributed by atoms with Crippen molar-refractivity contribution in [3.05, 3.63) is 52.9 Å². The minimum absolute atomic E-state index is 0.0276. The number of hydrogen-bond acceptors (Lipinski definition) is 4. The molecule has 0 spiro atoms. The van der Waals surface area contributed by atoms with Crippen LogP contribution in [0.3, 0.4) is 0 Å². The van der Waals surface area contributed by atoms with E-state index < -0.39 is 0 Å². The number of hydrogen-bond donors (Lipinski definition) is 0. The van der Waals surface area contributed by atoms with Crippen molar-refractivity contribution in [3.8, 4) is 5.75 Å². The van der Waals surface area contributed by atoms with E-state index in [2.05, 4.69) is 4.90 Å². The van der Waals surface area contributed by atoms with E-state index >= 15 is 0 Å². The Morgan fingerprint density at radius 3 is 2.46 bits per heavy atom. The zero-order valence-corrected chi connectivity index (χ0v) is 14.5. The molecule has 6 heteroatoms. The number of carbonyl (C=O) groups excluding carboxylic acids is 1. The molecule has 0 aliphatic carbocycles. The Hall–Kier alpha value is -1.98. The van der Waals surface area contributed by atoms with Crippen LogP contribution in [-0.4, -0.2) is 55.0 Å². The minimum Gasteiger partial charge on any atom is -0.492 e. The van der Waals surface area contributed by atoms with Crippen LogP contribution in [0.4, 0.5) is 0 Å². The van der Waals surface area contributed by atoms with Gasteiger partial charge in [0.05, 0.1) is 0 Å². The van der Waals surface area contributed by atoms with Gasteiger partial charge < -0.3 is 14.1 Å². The summed E-state index contributed by atoms with van der Waals surface area (Å²) >= 11 is 5.85. The third-order valence-corrected chi connectivity index (χ3v) is 4.35. The van der Waals surface area contributed by atoms with Crippen molar-refractivity contribution in [2.45, 2.75) is 6.92 Å². The van der Waals surface area contributed by atoms with Gasteiger partial charge in [-0.15, -0.1) is 0 Å². The molecule has 1 amide bonds. The van der Waals surface area contributed by atoms with Crippen LogP contribution in [-0.2, 0) is 0 Å². The van der Waals surface area contributed by atoms with Crippen LogP contribution in [0.15, 0.2) is 40.8 Å². The summed E-state index contributed by atoms with van der Waals surface area (Å²) in [6, 6.07) is 10.9. The summed E-state index contributed by atoms with van der Waals surface area (Å²) in [6.45, 7) is 6.40. The normalized spacial score (nSPS) is 15.5. The van der Waals surface area contributed by atoms with E-state index in [1.807, 2.05) is 42.2 Å². The lowest BCUT2D eigenvalue weighted by atomic mass is 10.3. The average Bonchev–Trinajstić information content (AvgIpc) is 3.03. The Morgan fingerprint density at radius 2 is 1.83 bits per heavy atom. The van der Waals surface area contributed by atoms with Gasteiger partial charge >= 0.3 is 0 Å². The van der Waals surface area contributed by atoms with Crippen molar-refractivity contribution in [1.82, 2.24) is 9.80 Å². The van der Waals surface area contributed by atoms with Gasteiger partial charge in [0, 0.05) is 37.7 Å². The topological polar surface area (TPSA) is 45.9 Å². The molecule has 24 heavy (non-hydrogen) atoms. The predicted molar refractivity (Wildman–Crippen MR) is 92.7 cm³/mol. The molecule has 1 aromatic carbocycles. The highest BCUT2D eigenvalue weighted by atomic mass is 35.5. The molecule has 2 aromatic rings. The fourth-order valence-corrected chi connectivity index (χ4v) is 2.83. The van der Waals surface area contributed by atoms with E-state index in [9.17, 15) is 4.79 Å². The van der Waals surface area contributed by atoms with E-state index in [1.54, 1.807) is 6.07 Å². The molecule has 1 aliphatic heterocycles. The number of rotatable bonds is 5. The Labute approximate surface area is 146 Å². The maximum absolute atomic E-state index is 12.3. The number of benzene rings is 1. The highest BCUT2D eigenvalue weighted by Gasteiger charge is 2.23. The molecule has 2 heterocycles. The first kappa shape index (κ1) is 16.9. The number of piperazine rings is 1. The van der Waals surface area contributed by atoms with Crippen molar-refractivity contribution in [3.63, 3.8) is 0 Å². The number of amides is 1. The molecule has 1 aliphatic rings. The van der Waals surface area contributed by atoms with Gasteiger partial charge in [-0.25, -0.2) is 0 Å². The Balaban J connectivity index is 1.40. The highest BCUT2D eigenvalue weighted by Crippen LogP contribution is 2.16. The van der Waals surface area contributed by atoms with Crippen LogP contribution < -0.4 is 4.74 Å². The molecule has 1 fully saturated rings. The van der Waals surface area contributed by atoms with Crippen molar-refractivity contribution in [1.29, 1.82) is 0 Å². The third-order valence-electron chi connectivity index (χ3n) is 4.10. The number of carbonyl (C=O) groups is 1. The number of nitrogens with zero attached hydrogens (tertiary/aromatic N) is 2. The van der Waals surface area contributed by atoms with Gasteiger partial charge in [0.25, 0.3) is 5.91 Å². The number of halogens is 1. The van der Waals surface area contributed by atoms with Gasteiger partial charge in [-0.2, -0.15) is 0 Å². The maximum atomic E-state index is 12.3. The van der Waals surface area contributed by atoms with Gasteiger partial charge in [0.15, 0.2) is 5.76 Å². The Morgan fingerprint density at radius 1 is 1.12 bits per heavy atom. The van der Waals surface area contributed by atoms with Crippen molar-refractivity contribution in [2.75, 3.05) is 39.3 Å². The monoisotopic (exact) mass is 348 g/mol. The fraction of sp³-hybridized carbons (Fsp3) is 0.389. The lowest BCUT2D eigenvalue weighted by Gasteiger charge is -2.34. The van der Waals surface area contributed by atoms with Gasteiger partial charge in [-0.1, -0.05) is 11.6 Å². The van der Waals surface area contributed by atoms with Gasteiger partial charge in [-0.05, 0) is 43.3 Å². The van der Waals surface area contributed by atoms with E-state index in [1.165, 1.54) is 0 Å². The summed E-state index contributed by atoms with van der Waals surface area (Å²) in [4.78, 5) is 16.5. The minimum atomic E-state index is -0.0276. The summed E-state index contributed by atoms with van der Waals surface area (Å²) in [5, 5.41) is 0.704. The lowest BCUT2D eigenvalue weighted by Crippen LogP contribution is -2.49. The second-order valence-electron chi connectivity index (χ2n) is 5.85. The largest absolute Gasteiger partial charge is 0.492 e. The van der Waals surface area contributed by atoms with E-state index in [0.29, 0.717) is 30.5 Å². The van der Waals surface area contributed by atoms with E-state index in [4.69, 9.17) is 20.8 Å². The lowest BCUT2D eigenvalue weighted by molar-refractivity contribution is 0.0589. The van der Waals surface area contributed by atoms with E-state index in [-0.39, 0.29) is 5.91 Å².